The SMILES string of the molecule is CCS(=O)(=O)N(CC(=O)N(Cc1ccc(Cl)cc1)[C@H](Cc1ccccc1)C(=O)NC(C)C)c1ccc2c(c1)OCCO2. The second-order valence-electron chi connectivity index (χ2n) is 10.3. The number of benzene rings is 3. The number of amides is 2. The van der Waals surface area contributed by atoms with Gasteiger partial charge in [0.1, 0.15) is 25.8 Å². The second kappa shape index (κ2) is 13.9. The Morgan fingerprint density at radius 2 is 1.60 bits per heavy atom. The van der Waals surface area contributed by atoms with Gasteiger partial charge in [0.05, 0.1) is 11.4 Å². The van der Waals surface area contributed by atoms with E-state index in [2.05, 4.69) is 5.32 Å². The van der Waals surface area contributed by atoms with E-state index >= 15 is 0 Å². The Balaban J connectivity index is 1.74. The summed E-state index contributed by atoms with van der Waals surface area (Å²) in [7, 11) is -3.90. The van der Waals surface area contributed by atoms with E-state index in [-0.39, 0.29) is 36.4 Å². The molecule has 1 heterocycles. The number of fused-ring (bicyclic) bond motifs is 1. The van der Waals surface area contributed by atoms with Crippen molar-refractivity contribution in [1.29, 1.82) is 0 Å². The van der Waals surface area contributed by atoms with Crippen LogP contribution in [0, 0.1) is 0 Å². The highest BCUT2D eigenvalue weighted by atomic mass is 35.5. The largest absolute Gasteiger partial charge is 0.486 e. The predicted octanol–water partition coefficient (Wildman–Crippen LogP) is 4.43. The zero-order valence-corrected chi connectivity index (χ0v) is 25.5. The molecule has 4 rings (SSSR count). The van der Waals surface area contributed by atoms with Crippen LogP contribution in [0.25, 0.3) is 0 Å². The highest BCUT2D eigenvalue weighted by molar-refractivity contribution is 7.92. The van der Waals surface area contributed by atoms with Crippen molar-refractivity contribution in [1.82, 2.24) is 10.2 Å². The lowest BCUT2D eigenvalue weighted by Crippen LogP contribution is -2.54. The van der Waals surface area contributed by atoms with Crippen LogP contribution in [0.4, 0.5) is 5.69 Å². The van der Waals surface area contributed by atoms with E-state index in [1.807, 2.05) is 44.2 Å². The molecule has 0 aliphatic carbocycles. The molecule has 0 spiro atoms. The molecule has 1 aliphatic heterocycles. The molecule has 2 amide bonds. The fraction of sp³-hybridized carbons (Fsp3) is 0.355. The van der Waals surface area contributed by atoms with Crippen LogP contribution in [0.5, 0.6) is 11.5 Å². The fourth-order valence-electron chi connectivity index (χ4n) is 4.63. The molecule has 0 saturated heterocycles. The smallest absolute Gasteiger partial charge is 0.244 e. The third-order valence-corrected chi connectivity index (χ3v) is 8.75. The number of anilines is 1. The summed E-state index contributed by atoms with van der Waals surface area (Å²) in [4.78, 5) is 29.3. The van der Waals surface area contributed by atoms with E-state index in [4.69, 9.17) is 21.1 Å². The van der Waals surface area contributed by atoms with Crippen molar-refractivity contribution < 1.29 is 27.5 Å². The van der Waals surface area contributed by atoms with Crippen molar-refractivity contribution in [2.24, 2.45) is 0 Å². The molecule has 0 radical (unpaired) electrons. The molecule has 1 N–H and O–H groups in total. The average molecular weight is 614 g/mol. The Bertz CT molecular complexity index is 1480. The number of ether oxygens (including phenoxy) is 2. The monoisotopic (exact) mass is 613 g/mol. The maximum absolute atomic E-state index is 14.2. The first-order valence-electron chi connectivity index (χ1n) is 13.9. The lowest BCUT2D eigenvalue weighted by molar-refractivity contribution is -0.140. The van der Waals surface area contributed by atoms with Gasteiger partial charge in [0, 0.05) is 30.1 Å². The molecule has 1 aliphatic rings. The molecule has 0 bridgehead atoms. The van der Waals surface area contributed by atoms with Crippen LogP contribution in [0.1, 0.15) is 31.9 Å². The van der Waals surface area contributed by atoms with E-state index in [1.54, 1.807) is 42.5 Å². The molecular weight excluding hydrogens is 578 g/mol. The van der Waals surface area contributed by atoms with Gasteiger partial charge in [0.25, 0.3) is 0 Å². The lowest BCUT2D eigenvalue weighted by Gasteiger charge is -2.34. The van der Waals surface area contributed by atoms with Crippen LogP contribution < -0.4 is 19.1 Å². The Morgan fingerprint density at radius 1 is 0.929 bits per heavy atom. The van der Waals surface area contributed by atoms with Crippen LogP contribution in [0.2, 0.25) is 5.02 Å². The first kappa shape index (κ1) is 31.2. The summed E-state index contributed by atoms with van der Waals surface area (Å²) in [6.07, 6.45) is 0.239. The van der Waals surface area contributed by atoms with Gasteiger partial charge in [-0.3, -0.25) is 13.9 Å². The summed E-state index contributed by atoms with van der Waals surface area (Å²) in [6, 6.07) is 20.1. The van der Waals surface area contributed by atoms with E-state index < -0.39 is 28.5 Å². The molecular formula is C31H36ClN3O6S. The Morgan fingerprint density at radius 3 is 2.24 bits per heavy atom. The van der Waals surface area contributed by atoms with E-state index in [0.717, 1.165) is 15.4 Å². The van der Waals surface area contributed by atoms with Crippen molar-refractivity contribution in [3.05, 3.63) is 88.9 Å². The Hall–Kier alpha value is -3.76. The van der Waals surface area contributed by atoms with Crippen LogP contribution in [0.3, 0.4) is 0 Å². The number of hydrogen-bond donors (Lipinski definition) is 1. The van der Waals surface area contributed by atoms with Gasteiger partial charge in [0.2, 0.25) is 21.8 Å². The van der Waals surface area contributed by atoms with Crippen molar-refractivity contribution in [2.45, 2.75) is 45.8 Å². The molecule has 224 valence electrons. The van der Waals surface area contributed by atoms with Crippen molar-refractivity contribution in [3.8, 4) is 11.5 Å². The van der Waals surface area contributed by atoms with Gasteiger partial charge in [0.15, 0.2) is 11.5 Å². The molecule has 3 aromatic carbocycles. The molecule has 0 aromatic heterocycles. The molecule has 42 heavy (non-hydrogen) atoms. The van der Waals surface area contributed by atoms with Gasteiger partial charge in [-0.2, -0.15) is 0 Å². The van der Waals surface area contributed by atoms with Gasteiger partial charge in [-0.05, 0) is 56.2 Å². The van der Waals surface area contributed by atoms with Crippen molar-refractivity contribution in [2.75, 3.05) is 29.8 Å². The Kier molecular flexibility index (Phi) is 10.3. The van der Waals surface area contributed by atoms with Gasteiger partial charge >= 0.3 is 0 Å². The van der Waals surface area contributed by atoms with Crippen molar-refractivity contribution >= 4 is 39.1 Å². The average Bonchev–Trinajstić information content (AvgIpc) is 2.98. The highest BCUT2D eigenvalue weighted by Crippen LogP contribution is 2.35. The number of nitrogens with zero attached hydrogens (tertiary/aromatic N) is 2. The van der Waals surface area contributed by atoms with Crippen LogP contribution >= 0.6 is 11.6 Å². The van der Waals surface area contributed by atoms with Crippen molar-refractivity contribution in [3.63, 3.8) is 0 Å². The topological polar surface area (TPSA) is 105 Å². The van der Waals surface area contributed by atoms with Crippen LogP contribution in [-0.2, 0) is 32.6 Å². The summed E-state index contributed by atoms with van der Waals surface area (Å²) in [5.41, 5.74) is 1.87. The molecule has 3 aromatic rings. The summed E-state index contributed by atoms with van der Waals surface area (Å²) >= 11 is 6.10. The van der Waals surface area contributed by atoms with Crippen LogP contribution in [0.15, 0.2) is 72.8 Å². The molecule has 9 nitrogen and oxygen atoms in total. The standard InChI is InChI=1S/C31H36ClN3O6S/c1-4-42(38,39)35(26-14-15-28-29(19-26)41-17-16-40-28)21-30(36)34(20-24-10-12-25(32)13-11-24)27(31(37)33-22(2)3)18-23-8-6-5-7-9-23/h5-15,19,22,27H,4,16-18,20-21H2,1-3H3,(H,33,37)/t27-/m1/s1. The number of carbonyl (C=O) groups excluding carboxylic acids is 2. The maximum Gasteiger partial charge on any atom is 0.244 e. The molecule has 1 atom stereocenters. The summed E-state index contributed by atoms with van der Waals surface area (Å²) in [5.74, 6) is -0.189. The third-order valence-electron chi connectivity index (χ3n) is 6.76. The van der Waals surface area contributed by atoms with Gasteiger partial charge in [-0.15, -0.1) is 0 Å². The quantitative estimate of drug-likeness (QED) is 0.324. The number of hydrogen-bond acceptors (Lipinski definition) is 6. The van der Waals surface area contributed by atoms with Gasteiger partial charge < -0.3 is 19.7 Å². The van der Waals surface area contributed by atoms with E-state index in [1.165, 1.54) is 11.8 Å². The number of carbonyl (C=O) groups is 2. The lowest BCUT2D eigenvalue weighted by atomic mass is 10.0. The molecule has 0 unspecified atom stereocenters. The van der Waals surface area contributed by atoms with Gasteiger partial charge in [-0.1, -0.05) is 54.1 Å². The highest BCUT2D eigenvalue weighted by Gasteiger charge is 2.34. The first-order valence-corrected chi connectivity index (χ1v) is 15.8. The van der Waals surface area contributed by atoms with Gasteiger partial charge in [-0.25, -0.2) is 8.42 Å². The fourth-order valence-corrected chi connectivity index (χ4v) is 5.81. The molecule has 0 saturated carbocycles. The maximum atomic E-state index is 14.2. The first-order chi connectivity index (χ1) is 20.1. The normalized spacial score (nSPS) is 13.4. The van der Waals surface area contributed by atoms with Crippen LogP contribution in [-0.4, -0.2) is 62.7 Å². The number of sulfonamides is 1. The zero-order chi connectivity index (χ0) is 30.3. The van der Waals surface area contributed by atoms with E-state index in [9.17, 15) is 18.0 Å². The minimum Gasteiger partial charge on any atom is -0.486 e. The molecule has 0 fully saturated rings. The zero-order valence-electron chi connectivity index (χ0n) is 24.0. The third kappa shape index (κ3) is 7.95. The second-order valence-corrected chi connectivity index (χ2v) is 12.9. The molecule has 11 heteroatoms. The summed E-state index contributed by atoms with van der Waals surface area (Å²) < 4.78 is 39.0. The summed E-state index contributed by atoms with van der Waals surface area (Å²) in [5, 5.41) is 3.47. The minimum absolute atomic E-state index is 0.0696. The number of nitrogens with one attached hydrogen (secondary N) is 1. The number of rotatable bonds is 12. The minimum atomic E-state index is -3.90. The predicted molar refractivity (Wildman–Crippen MR) is 163 cm³/mol. The Labute approximate surface area is 252 Å². The van der Waals surface area contributed by atoms with E-state index in [0.29, 0.717) is 29.7 Å². The summed E-state index contributed by atoms with van der Waals surface area (Å²) in [6.45, 7) is 5.49. The number of halogens is 1.